The maximum absolute atomic E-state index is 12.8. The molecule has 6 heteroatoms. The van der Waals surface area contributed by atoms with E-state index in [9.17, 15) is 9.59 Å². The molecule has 3 amide bonds. The van der Waals surface area contributed by atoms with Crippen molar-refractivity contribution in [2.75, 3.05) is 13.6 Å². The van der Waals surface area contributed by atoms with Crippen LogP contribution in [0.15, 0.2) is 47.8 Å². The minimum absolute atomic E-state index is 0.251. The van der Waals surface area contributed by atoms with Crippen molar-refractivity contribution in [2.24, 2.45) is 0 Å². The third-order valence-corrected chi connectivity index (χ3v) is 5.51. The second kappa shape index (κ2) is 7.59. The van der Waals surface area contributed by atoms with E-state index in [4.69, 9.17) is 0 Å². The molecule has 1 saturated heterocycles. The van der Waals surface area contributed by atoms with Gasteiger partial charge in [0.2, 0.25) is 0 Å². The van der Waals surface area contributed by atoms with E-state index in [-0.39, 0.29) is 5.91 Å². The van der Waals surface area contributed by atoms with Gasteiger partial charge in [0.05, 0.1) is 11.4 Å². The van der Waals surface area contributed by atoms with Crippen LogP contribution in [0.5, 0.6) is 0 Å². The van der Waals surface area contributed by atoms with Crippen molar-refractivity contribution < 1.29 is 14.5 Å². The van der Waals surface area contributed by atoms with E-state index in [0.717, 1.165) is 24.9 Å². The van der Waals surface area contributed by atoms with Crippen molar-refractivity contribution in [1.29, 1.82) is 0 Å². The summed E-state index contributed by atoms with van der Waals surface area (Å²) in [5.74, 6) is -0.251. The summed E-state index contributed by atoms with van der Waals surface area (Å²) in [7, 11) is 1.51. The first kappa shape index (κ1) is 16.7. The molecule has 1 aromatic heterocycles. The van der Waals surface area contributed by atoms with Crippen molar-refractivity contribution in [1.82, 2.24) is 10.6 Å². The van der Waals surface area contributed by atoms with E-state index in [0.29, 0.717) is 6.04 Å². The summed E-state index contributed by atoms with van der Waals surface area (Å²) in [5.41, 5.74) is 0.942. The van der Waals surface area contributed by atoms with Crippen molar-refractivity contribution in [3.05, 3.63) is 58.3 Å². The number of quaternary nitrogens is 1. The normalized spacial score (nSPS) is 21.2. The van der Waals surface area contributed by atoms with Crippen molar-refractivity contribution in [3.63, 3.8) is 0 Å². The molecular weight excluding hydrogens is 322 g/mol. The fourth-order valence-electron chi connectivity index (χ4n) is 3.46. The quantitative estimate of drug-likeness (QED) is 0.790. The molecule has 5 nitrogen and oxygen atoms in total. The lowest BCUT2D eigenvalue weighted by atomic mass is 10.0. The lowest BCUT2D eigenvalue weighted by molar-refractivity contribution is -0.939. The average Bonchev–Trinajstić information content (AvgIpc) is 3.27. The van der Waals surface area contributed by atoms with Crippen LogP contribution in [0.25, 0.3) is 0 Å². The van der Waals surface area contributed by atoms with Gasteiger partial charge in [0.1, 0.15) is 6.04 Å². The van der Waals surface area contributed by atoms with Gasteiger partial charge >= 0.3 is 6.03 Å². The van der Waals surface area contributed by atoms with Gasteiger partial charge in [0.25, 0.3) is 5.91 Å². The molecule has 1 unspecified atom stereocenters. The molecule has 2 aromatic rings. The van der Waals surface area contributed by atoms with Crippen LogP contribution in [0.1, 0.15) is 35.4 Å². The first-order chi connectivity index (χ1) is 11.7. The molecule has 3 atom stereocenters. The van der Waals surface area contributed by atoms with Crippen LogP contribution >= 0.6 is 11.3 Å². The standard InChI is InChI=1S/C18H21N3O2S/c1-19-18(23)20-17(22)16(13-7-3-2-4-8-13)21-11-5-9-14(21)15-10-6-12-24-15/h2-4,6-8,10,12,14,16H,5,9,11H2,1H3,(H2,19,20,22,23)/p+1/t14-,16+/m1/s1. The van der Waals surface area contributed by atoms with E-state index in [1.807, 2.05) is 30.3 Å². The predicted molar refractivity (Wildman–Crippen MR) is 93.9 cm³/mol. The lowest BCUT2D eigenvalue weighted by Gasteiger charge is -2.28. The maximum atomic E-state index is 12.8. The zero-order chi connectivity index (χ0) is 16.9. The maximum Gasteiger partial charge on any atom is 0.321 e. The number of likely N-dealkylation sites (tertiary alicyclic amines) is 1. The van der Waals surface area contributed by atoms with E-state index < -0.39 is 12.1 Å². The van der Waals surface area contributed by atoms with E-state index >= 15 is 0 Å². The summed E-state index contributed by atoms with van der Waals surface area (Å²) in [6.45, 7) is 0.920. The fraction of sp³-hybridized carbons (Fsp3) is 0.333. The van der Waals surface area contributed by atoms with Crippen LogP contribution in [-0.2, 0) is 4.79 Å². The third-order valence-electron chi connectivity index (χ3n) is 4.52. The van der Waals surface area contributed by atoms with Crippen LogP contribution in [0.4, 0.5) is 4.79 Å². The highest BCUT2D eigenvalue weighted by Gasteiger charge is 2.41. The molecule has 1 aliphatic rings. The van der Waals surface area contributed by atoms with Crippen molar-refractivity contribution in [3.8, 4) is 0 Å². The van der Waals surface area contributed by atoms with Gasteiger partial charge in [-0.25, -0.2) is 4.79 Å². The van der Waals surface area contributed by atoms with Gasteiger partial charge in [-0.3, -0.25) is 10.1 Å². The minimum atomic E-state index is -0.466. The number of rotatable bonds is 4. The molecule has 0 saturated carbocycles. The van der Waals surface area contributed by atoms with Crippen LogP contribution in [0.3, 0.4) is 0 Å². The van der Waals surface area contributed by atoms with Crippen LogP contribution < -0.4 is 15.5 Å². The molecule has 24 heavy (non-hydrogen) atoms. The van der Waals surface area contributed by atoms with Crippen LogP contribution in [0.2, 0.25) is 0 Å². The van der Waals surface area contributed by atoms with Gasteiger partial charge in [-0.15, -0.1) is 11.3 Å². The Morgan fingerprint density at radius 1 is 1.21 bits per heavy atom. The van der Waals surface area contributed by atoms with E-state index in [1.54, 1.807) is 11.3 Å². The summed E-state index contributed by atoms with van der Waals surface area (Å²) in [4.78, 5) is 27.0. The fourth-order valence-corrected chi connectivity index (χ4v) is 4.36. The molecule has 0 spiro atoms. The molecule has 2 heterocycles. The van der Waals surface area contributed by atoms with Crippen molar-refractivity contribution >= 4 is 23.3 Å². The van der Waals surface area contributed by atoms with Crippen LogP contribution in [-0.4, -0.2) is 25.5 Å². The molecule has 3 rings (SSSR count). The number of amides is 3. The molecule has 0 bridgehead atoms. The molecule has 3 N–H and O–H groups in total. The Bertz CT molecular complexity index is 688. The second-order valence-corrected chi connectivity index (χ2v) is 6.93. The molecule has 0 radical (unpaired) electrons. The third kappa shape index (κ3) is 3.49. The van der Waals surface area contributed by atoms with Gasteiger partial charge in [0, 0.05) is 25.5 Å². The highest BCUT2D eigenvalue weighted by Crippen LogP contribution is 2.26. The van der Waals surface area contributed by atoms with E-state index in [1.165, 1.54) is 16.8 Å². The molecular formula is C18H22N3O2S+. The van der Waals surface area contributed by atoms with Gasteiger partial charge < -0.3 is 10.2 Å². The monoisotopic (exact) mass is 344 g/mol. The number of urea groups is 1. The predicted octanol–water partition coefficient (Wildman–Crippen LogP) is 1.66. The minimum Gasteiger partial charge on any atom is -0.341 e. The molecule has 126 valence electrons. The Balaban J connectivity index is 1.92. The van der Waals surface area contributed by atoms with Gasteiger partial charge in [-0.05, 0) is 11.4 Å². The summed E-state index contributed by atoms with van der Waals surface area (Å²) in [6.07, 6.45) is 2.14. The number of carbonyl (C=O) groups excluding carboxylic acids is 2. The number of carbonyl (C=O) groups is 2. The Morgan fingerprint density at radius 2 is 2.00 bits per heavy atom. The summed E-state index contributed by atoms with van der Waals surface area (Å²) >= 11 is 1.73. The lowest BCUT2D eigenvalue weighted by Crippen LogP contribution is -3.11. The number of benzene rings is 1. The number of imide groups is 1. The zero-order valence-electron chi connectivity index (χ0n) is 13.6. The first-order valence-corrected chi connectivity index (χ1v) is 9.05. The molecule has 1 fully saturated rings. The van der Waals surface area contributed by atoms with Gasteiger partial charge in [-0.2, -0.15) is 0 Å². The second-order valence-electron chi connectivity index (χ2n) is 5.95. The SMILES string of the molecule is CNC(=O)NC(=O)[C@H](c1ccccc1)[NH+]1CCC[C@@H]1c1cccs1. The highest BCUT2D eigenvalue weighted by molar-refractivity contribution is 7.10. The smallest absolute Gasteiger partial charge is 0.321 e. The number of hydrogen-bond acceptors (Lipinski definition) is 3. The van der Waals surface area contributed by atoms with Gasteiger partial charge in [0.15, 0.2) is 6.04 Å². The Labute approximate surface area is 145 Å². The summed E-state index contributed by atoms with van der Waals surface area (Å²) in [6, 6.07) is 13.4. The Hall–Kier alpha value is -2.18. The number of hydrogen-bond donors (Lipinski definition) is 3. The Kier molecular flexibility index (Phi) is 5.27. The number of nitrogens with one attached hydrogen (secondary N) is 3. The topological polar surface area (TPSA) is 62.6 Å². The largest absolute Gasteiger partial charge is 0.341 e. The van der Waals surface area contributed by atoms with E-state index in [2.05, 4.69) is 28.1 Å². The molecule has 1 aliphatic heterocycles. The zero-order valence-corrected chi connectivity index (χ0v) is 14.4. The van der Waals surface area contributed by atoms with Crippen LogP contribution in [0, 0.1) is 0 Å². The molecule has 1 aromatic carbocycles. The average molecular weight is 344 g/mol. The summed E-state index contributed by atoms with van der Waals surface area (Å²) < 4.78 is 0. The Morgan fingerprint density at radius 3 is 2.67 bits per heavy atom. The molecule has 0 aliphatic carbocycles. The number of thiophene rings is 1. The summed E-state index contributed by atoms with van der Waals surface area (Å²) in [5, 5.41) is 6.99. The highest BCUT2D eigenvalue weighted by atomic mass is 32.1. The van der Waals surface area contributed by atoms with Gasteiger partial charge in [-0.1, -0.05) is 36.4 Å². The first-order valence-electron chi connectivity index (χ1n) is 8.17. The van der Waals surface area contributed by atoms with Crippen molar-refractivity contribution in [2.45, 2.75) is 24.9 Å².